The molecule has 0 aliphatic carbocycles. The Morgan fingerprint density at radius 1 is 1.67 bits per heavy atom. The Kier molecular flexibility index (Phi) is 3.19. The van der Waals surface area contributed by atoms with Gasteiger partial charge in [0.05, 0.1) is 6.61 Å². The van der Waals surface area contributed by atoms with Crippen LogP contribution in [0.4, 0.5) is 0 Å². The zero-order valence-electron chi connectivity index (χ0n) is 7.20. The molecule has 3 N–H and O–H groups in total. The number of aliphatic hydroxyl groups excluding tert-OH is 1. The Hall–Kier alpha value is -0.930. The Labute approximate surface area is 72.2 Å². The Morgan fingerprint density at radius 2 is 2.42 bits per heavy atom. The van der Waals surface area contributed by atoms with Crippen LogP contribution in [0.5, 0.6) is 0 Å². The van der Waals surface area contributed by atoms with Crippen molar-refractivity contribution in [2.24, 2.45) is 5.73 Å². The van der Waals surface area contributed by atoms with Crippen LogP contribution in [0.1, 0.15) is 11.3 Å². The van der Waals surface area contributed by atoms with Crippen molar-refractivity contribution in [3.63, 3.8) is 0 Å². The van der Waals surface area contributed by atoms with Crippen molar-refractivity contribution in [1.29, 1.82) is 0 Å². The number of rotatable bonds is 3. The first-order valence-corrected chi connectivity index (χ1v) is 4.00. The third-order valence-corrected chi connectivity index (χ3v) is 1.69. The number of aromatic nitrogens is 1. The number of hydrogen-bond donors (Lipinski definition) is 2. The predicted octanol–water partition coefficient (Wildman–Crippen LogP) is 0.252. The number of nitrogens with zero attached hydrogens (tertiary/aromatic N) is 1. The number of nitrogens with two attached hydrogens (primary N) is 1. The average Bonchev–Trinajstić information content (AvgIpc) is 2.04. The maximum Gasteiger partial charge on any atom is 0.0585 e. The minimum absolute atomic E-state index is 0.0291. The molecule has 0 saturated heterocycles. The van der Waals surface area contributed by atoms with Crippen LogP contribution in [-0.2, 0) is 6.42 Å². The van der Waals surface area contributed by atoms with Gasteiger partial charge in [-0.05, 0) is 31.0 Å². The summed E-state index contributed by atoms with van der Waals surface area (Å²) in [5, 5.41) is 8.72. The molecule has 1 rings (SSSR count). The first-order chi connectivity index (χ1) is 5.72. The number of aliphatic hydroxyl groups is 1. The predicted molar refractivity (Wildman–Crippen MR) is 47.7 cm³/mol. The molecule has 66 valence electrons. The molecule has 0 radical (unpaired) electrons. The zero-order chi connectivity index (χ0) is 8.97. The molecule has 1 aromatic heterocycles. The molecule has 1 unspecified atom stereocenters. The summed E-state index contributed by atoms with van der Waals surface area (Å²) in [5.74, 6) is 0. The van der Waals surface area contributed by atoms with E-state index >= 15 is 0 Å². The molecule has 0 fully saturated rings. The smallest absolute Gasteiger partial charge is 0.0585 e. The molecular weight excluding hydrogens is 152 g/mol. The van der Waals surface area contributed by atoms with Crippen LogP contribution < -0.4 is 5.73 Å². The van der Waals surface area contributed by atoms with Crippen LogP contribution in [0.3, 0.4) is 0 Å². The maximum absolute atomic E-state index is 8.72. The van der Waals surface area contributed by atoms with E-state index in [-0.39, 0.29) is 12.6 Å². The van der Waals surface area contributed by atoms with Gasteiger partial charge in [-0.1, -0.05) is 0 Å². The van der Waals surface area contributed by atoms with Crippen LogP contribution in [0.25, 0.3) is 0 Å². The molecule has 0 amide bonds. The molecule has 0 aliphatic rings. The van der Waals surface area contributed by atoms with E-state index in [2.05, 4.69) is 4.98 Å². The van der Waals surface area contributed by atoms with Gasteiger partial charge in [0.15, 0.2) is 0 Å². The summed E-state index contributed by atoms with van der Waals surface area (Å²) in [6.45, 7) is 1.97. The quantitative estimate of drug-likeness (QED) is 0.676. The van der Waals surface area contributed by atoms with Crippen molar-refractivity contribution < 1.29 is 5.11 Å². The Balaban J connectivity index is 2.63. The zero-order valence-corrected chi connectivity index (χ0v) is 7.20. The molecule has 3 heteroatoms. The minimum atomic E-state index is -0.160. The molecule has 1 heterocycles. The van der Waals surface area contributed by atoms with Gasteiger partial charge in [0.1, 0.15) is 0 Å². The van der Waals surface area contributed by atoms with E-state index in [0.717, 1.165) is 11.3 Å². The van der Waals surface area contributed by atoms with Crippen LogP contribution in [-0.4, -0.2) is 22.7 Å². The number of pyridine rings is 1. The average molecular weight is 166 g/mol. The van der Waals surface area contributed by atoms with Gasteiger partial charge >= 0.3 is 0 Å². The third kappa shape index (κ3) is 2.60. The number of hydrogen-bond acceptors (Lipinski definition) is 3. The summed E-state index contributed by atoms with van der Waals surface area (Å²) in [5.41, 5.74) is 7.70. The van der Waals surface area contributed by atoms with E-state index in [4.69, 9.17) is 10.8 Å². The van der Waals surface area contributed by atoms with E-state index in [1.807, 2.05) is 19.1 Å². The summed E-state index contributed by atoms with van der Waals surface area (Å²) < 4.78 is 0. The van der Waals surface area contributed by atoms with Crippen LogP contribution in [0.2, 0.25) is 0 Å². The van der Waals surface area contributed by atoms with E-state index in [9.17, 15) is 0 Å². The SMILES string of the molecule is Cc1cc(CC(N)CO)ccn1. The van der Waals surface area contributed by atoms with Gasteiger partial charge in [-0.3, -0.25) is 4.98 Å². The summed E-state index contributed by atoms with van der Waals surface area (Å²) in [6.07, 6.45) is 2.47. The molecule has 0 aliphatic heterocycles. The Morgan fingerprint density at radius 3 is 3.00 bits per heavy atom. The standard InChI is InChI=1S/C9H14N2O/c1-7-4-8(2-3-11-7)5-9(10)6-12/h2-4,9,12H,5-6,10H2,1H3. The number of aryl methyl sites for hydroxylation is 1. The van der Waals surface area contributed by atoms with Crippen molar-refractivity contribution in [2.45, 2.75) is 19.4 Å². The summed E-state index contributed by atoms with van der Waals surface area (Å²) >= 11 is 0. The highest BCUT2D eigenvalue weighted by Crippen LogP contribution is 2.02. The highest BCUT2D eigenvalue weighted by Gasteiger charge is 2.01. The fraction of sp³-hybridized carbons (Fsp3) is 0.444. The van der Waals surface area contributed by atoms with Crippen LogP contribution >= 0.6 is 0 Å². The molecule has 0 aromatic carbocycles. The lowest BCUT2D eigenvalue weighted by molar-refractivity contribution is 0.265. The van der Waals surface area contributed by atoms with E-state index in [0.29, 0.717) is 6.42 Å². The van der Waals surface area contributed by atoms with E-state index in [1.54, 1.807) is 6.20 Å². The van der Waals surface area contributed by atoms with Gasteiger partial charge in [0, 0.05) is 17.9 Å². The third-order valence-electron chi connectivity index (χ3n) is 1.69. The molecule has 0 saturated carbocycles. The van der Waals surface area contributed by atoms with Crippen molar-refractivity contribution in [1.82, 2.24) is 4.98 Å². The lowest BCUT2D eigenvalue weighted by Crippen LogP contribution is -2.26. The summed E-state index contributed by atoms with van der Waals surface area (Å²) in [7, 11) is 0. The lowest BCUT2D eigenvalue weighted by atomic mass is 10.1. The molecule has 1 aromatic rings. The first kappa shape index (κ1) is 9.16. The second kappa shape index (κ2) is 4.18. The highest BCUT2D eigenvalue weighted by atomic mass is 16.3. The van der Waals surface area contributed by atoms with Gasteiger partial charge in [-0.25, -0.2) is 0 Å². The van der Waals surface area contributed by atoms with Gasteiger partial charge < -0.3 is 10.8 Å². The second-order valence-electron chi connectivity index (χ2n) is 2.95. The fourth-order valence-corrected chi connectivity index (χ4v) is 1.10. The van der Waals surface area contributed by atoms with E-state index < -0.39 is 0 Å². The molecule has 12 heavy (non-hydrogen) atoms. The van der Waals surface area contributed by atoms with Crippen molar-refractivity contribution in [2.75, 3.05) is 6.61 Å². The Bertz CT molecular complexity index is 250. The van der Waals surface area contributed by atoms with Crippen molar-refractivity contribution in [3.8, 4) is 0 Å². The normalized spacial score (nSPS) is 12.9. The second-order valence-corrected chi connectivity index (χ2v) is 2.95. The first-order valence-electron chi connectivity index (χ1n) is 4.00. The van der Waals surface area contributed by atoms with Gasteiger partial charge in [-0.2, -0.15) is 0 Å². The van der Waals surface area contributed by atoms with Crippen LogP contribution in [0.15, 0.2) is 18.3 Å². The summed E-state index contributed by atoms with van der Waals surface area (Å²) in [6, 6.07) is 3.74. The van der Waals surface area contributed by atoms with Crippen molar-refractivity contribution >= 4 is 0 Å². The monoisotopic (exact) mass is 166 g/mol. The van der Waals surface area contributed by atoms with Crippen LogP contribution in [0, 0.1) is 6.92 Å². The molecular formula is C9H14N2O. The largest absolute Gasteiger partial charge is 0.395 e. The fourth-order valence-electron chi connectivity index (χ4n) is 1.10. The highest BCUT2D eigenvalue weighted by molar-refractivity contribution is 5.16. The molecule has 0 spiro atoms. The minimum Gasteiger partial charge on any atom is -0.395 e. The van der Waals surface area contributed by atoms with Gasteiger partial charge in [0.2, 0.25) is 0 Å². The van der Waals surface area contributed by atoms with E-state index in [1.165, 1.54) is 0 Å². The molecule has 3 nitrogen and oxygen atoms in total. The lowest BCUT2D eigenvalue weighted by Gasteiger charge is -2.07. The van der Waals surface area contributed by atoms with Crippen molar-refractivity contribution in [3.05, 3.63) is 29.6 Å². The van der Waals surface area contributed by atoms with Gasteiger partial charge in [-0.15, -0.1) is 0 Å². The van der Waals surface area contributed by atoms with Gasteiger partial charge in [0.25, 0.3) is 0 Å². The molecule has 1 atom stereocenters. The summed E-state index contributed by atoms with van der Waals surface area (Å²) in [4.78, 5) is 4.07. The maximum atomic E-state index is 8.72. The molecule has 0 bridgehead atoms. The topological polar surface area (TPSA) is 59.1 Å².